The number of hydrogen-bond donors (Lipinski definition) is 2. The van der Waals surface area contributed by atoms with Gasteiger partial charge in [-0.15, -0.1) is 0 Å². The van der Waals surface area contributed by atoms with Crippen molar-refractivity contribution >= 4 is 23.4 Å². The van der Waals surface area contributed by atoms with E-state index in [1.807, 2.05) is 0 Å². The summed E-state index contributed by atoms with van der Waals surface area (Å²) in [6, 6.07) is 12.5. The van der Waals surface area contributed by atoms with Crippen LogP contribution in [0.4, 0.5) is 4.39 Å². The van der Waals surface area contributed by atoms with Crippen molar-refractivity contribution in [2.45, 2.75) is 6.42 Å². The molecule has 0 radical (unpaired) electrons. The van der Waals surface area contributed by atoms with Gasteiger partial charge in [0, 0.05) is 23.7 Å². The molecule has 2 amide bonds. The lowest BCUT2D eigenvalue weighted by molar-refractivity contribution is -0.120. The van der Waals surface area contributed by atoms with Gasteiger partial charge in [-0.1, -0.05) is 41.0 Å². The lowest BCUT2D eigenvalue weighted by atomic mass is 10.1. The molecule has 144 valence electrons. The first-order valence-corrected chi connectivity index (χ1v) is 8.78. The summed E-state index contributed by atoms with van der Waals surface area (Å²) < 4.78 is 17.8. The van der Waals surface area contributed by atoms with Crippen molar-refractivity contribution < 1.29 is 18.5 Å². The predicted octanol–water partition coefficient (Wildman–Crippen LogP) is 2.62. The van der Waals surface area contributed by atoms with Crippen LogP contribution in [0, 0.1) is 5.82 Å². The Morgan fingerprint density at radius 1 is 1.07 bits per heavy atom. The molecule has 0 aliphatic carbocycles. The molecule has 0 aliphatic rings. The van der Waals surface area contributed by atoms with Crippen LogP contribution in [-0.2, 0) is 11.2 Å². The first-order chi connectivity index (χ1) is 13.5. The third kappa shape index (κ3) is 5.37. The van der Waals surface area contributed by atoms with E-state index in [9.17, 15) is 14.0 Å². The largest absolute Gasteiger partial charge is 0.354 e. The minimum atomic E-state index is -0.548. The second-order valence-corrected chi connectivity index (χ2v) is 6.28. The molecule has 0 spiro atoms. The number of nitrogens with one attached hydrogen (secondary N) is 2. The summed E-state index contributed by atoms with van der Waals surface area (Å²) in [4.78, 5) is 27.9. The van der Waals surface area contributed by atoms with Crippen molar-refractivity contribution in [1.29, 1.82) is 0 Å². The quantitative estimate of drug-likeness (QED) is 0.592. The van der Waals surface area contributed by atoms with Crippen LogP contribution in [0.1, 0.15) is 16.2 Å². The van der Waals surface area contributed by atoms with E-state index in [0.29, 0.717) is 16.1 Å². The summed E-state index contributed by atoms with van der Waals surface area (Å²) in [5.41, 5.74) is 1.32. The van der Waals surface area contributed by atoms with E-state index in [4.69, 9.17) is 16.1 Å². The zero-order valence-corrected chi connectivity index (χ0v) is 15.4. The molecule has 0 aliphatic heterocycles. The van der Waals surface area contributed by atoms with Gasteiger partial charge in [0.1, 0.15) is 5.82 Å². The second-order valence-electron chi connectivity index (χ2n) is 5.84. The molecule has 7 nitrogen and oxygen atoms in total. The smallest absolute Gasteiger partial charge is 0.316 e. The van der Waals surface area contributed by atoms with E-state index < -0.39 is 5.91 Å². The van der Waals surface area contributed by atoms with E-state index in [2.05, 4.69) is 20.8 Å². The summed E-state index contributed by atoms with van der Waals surface area (Å²) in [5, 5.41) is 9.51. The molecule has 2 aromatic carbocycles. The number of carbonyl (C=O) groups is 2. The van der Waals surface area contributed by atoms with Crippen molar-refractivity contribution in [3.63, 3.8) is 0 Å². The number of halogens is 2. The molecule has 28 heavy (non-hydrogen) atoms. The minimum Gasteiger partial charge on any atom is -0.354 e. The Labute approximate surface area is 164 Å². The van der Waals surface area contributed by atoms with Crippen molar-refractivity contribution in [3.8, 4) is 11.4 Å². The molecule has 0 fully saturated rings. The second kappa shape index (κ2) is 9.09. The molecule has 0 saturated heterocycles. The molecular formula is C19H16ClFN4O3. The van der Waals surface area contributed by atoms with Gasteiger partial charge < -0.3 is 15.2 Å². The third-order valence-electron chi connectivity index (χ3n) is 3.71. The first-order valence-electron chi connectivity index (χ1n) is 8.40. The number of nitrogens with zero attached hydrogens (tertiary/aromatic N) is 2. The fourth-order valence-electron chi connectivity index (χ4n) is 2.36. The van der Waals surface area contributed by atoms with Crippen LogP contribution in [0.25, 0.3) is 11.4 Å². The molecule has 0 unspecified atom stereocenters. The zero-order valence-electron chi connectivity index (χ0n) is 14.6. The van der Waals surface area contributed by atoms with Crippen LogP contribution in [0.2, 0.25) is 5.02 Å². The Hall–Kier alpha value is -3.26. The number of aromatic nitrogens is 2. The van der Waals surface area contributed by atoms with Crippen LogP contribution in [0.5, 0.6) is 0 Å². The summed E-state index contributed by atoms with van der Waals surface area (Å²) in [5.74, 6) is -1.07. The van der Waals surface area contributed by atoms with Gasteiger partial charge in [-0.2, -0.15) is 4.98 Å². The van der Waals surface area contributed by atoms with E-state index in [1.165, 1.54) is 12.1 Å². The highest BCUT2D eigenvalue weighted by Crippen LogP contribution is 2.19. The molecule has 0 atom stereocenters. The van der Waals surface area contributed by atoms with Gasteiger partial charge in [0.05, 0.1) is 6.42 Å². The summed E-state index contributed by atoms with van der Waals surface area (Å²) in [6.45, 7) is 0.407. The normalized spacial score (nSPS) is 10.5. The third-order valence-corrected chi connectivity index (χ3v) is 3.95. The highest BCUT2D eigenvalue weighted by molar-refractivity contribution is 6.30. The van der Waals surface area contributed by atoms with Crippen LogP contribution in [0.3, 0.4) is 0 Å². The van der Waals surface area contributed by atoms with Crippen LogP contribution in [0.15, 0.2) is 53.1 Å². The molecule has 1 aromatic heterocycles. The average molecular weight is 403 g/mol. The molecule has 2 N–H and O–H groups in total. The Bertz CT molecular complexity index is 975. The van der Waals surface area contributed by atoms with Gasteiger partial charge in [0.15, 0.2) is 0 Å². The van der Waals surface area contributed by atoms with E-state index in [0.717, 1.165) is 0 Å². The lowest BCUT2D eigenvalue weighted by Crippen LogP contribution is -2.35. The van der Waals surface area contributed by atoms with Gasteiger partial charge in [-0.05, 0) is 29.8 Å². The van der Waals surface area contributed by atoms with E-state index >= 15 is 0 Å². The topological polar surface area (TPSA) is 97.1 Å². The maximum Gasteiger partial charge on any atom is 0.316 e. The van der Waals surface area contributed by atoms with Gasteiger partial charge in [-0.3, -0.25) is 9.59 Å². The average Bonchev–Trinajstić information content (AvgIpc) is 3.17. The molecule has 1 heterocycles. The standard InChI is InChI=1S/C19H16ClFN4O3/c20-14-3-1-2-13(11-14)17-24-19(28-25-17)18(27)23-9-8-22-16(26)10-12-4-6-15(21)7-5-12/h1-7,11H,8-10H2,(H,22,26)(H,23,27). The monoisotopic (exact) mass is 402 g/mol. The van der Waals surface area contributed by atoms with Gasteiger partial charge in [0.2, 0.25) is 11.7 Å². The number of hydrogen-bond acceptors (Lipinski definition) is 5. The van der Waals surface area contributed by atoms with E-state index in [1.54, 1.807) is 36.4 Å². The molecule has 3 aromatic rings. The minimum absolute atomic E-state index is 0.126. The Morgan fingerprint density at radius 3 is 2.57 bits per heavy atom. The van der Waals surface area contributed by atoms with Crippen LogP contribution < -0.4 is 10.6 Å². The number of carbonyl (C=O) groups excluding carboxylic acids is 2. The molecule has 0 bridgehead atoms. The summed E-state index contributed by atoms with van der Waals surface area (Å²) >= 11 is 5.92. The van der Waals surface area contributed by atoms with E-state index in [-0.39, 0.29) is 42.9 Å². The van der Waals surface area contributed by atoms with Crippen molar-refractivity contribution in [2.75, 3.05) is 13.1 Å². The number of benzene rings is 2. The Balaban J connectivity index is 1.43. The van der Waals surface area contributed by atoms with Crippen molar-refractivity contribution in [1.82, 2.24) is 20.8 Å². The maximum atomic E-state index is 12.8. The van der Waals surface area contributed by atoms with Gasteiger partial charge in [0.25, 0.3) is 0 Å². The molecule has 3 rings (SSSR count). The van der Waals surface area contributed by atoms with Gasteiger partial charge >= 0.3 is 11.8 Å². The maximum absolute atomic E-state index is 12.8. The molecule has 0 saturated carbocycles. The van der Waals surface area contributed by atoms with Crippen LogP contribution in [-0.4, -0.2) is 35.0 Å². The molecule has 9 heteroatoms. The van der Waals surface area contributed by atoms with Crippen molar-refractivity contribution in [2.24, 2.45) is 0 Å². The van der Waals surface area contributed by atoms with Crippen molar-refractivity contribution in [3.05, 3.63) is 70.8 Å². The fourth-order valence-corrected chi connectivity index (χ4v) is 2.55. The van der Waals surface area contributed by atoms with Crippen LogP contribution >= 0.6 is 11.6 Å². The first kappa shape index (κ1) is 19.5. The Kier molecular flexibility index (Phi) is 6.33. The number of rotatable bonds is 7. The Morgan fingerprint density at radius 2 is 1.82 bits per heavy atom. The lowest BCUT2D eigenvalue weighted by Gasteiger charge is -2.06. The van der Waals surface area contributed by atoms with Gasteiger partial charge in [-0.25, -0.2) is 4.39 Å². The summed E-state index contributed by atoms with van der Waals surface area (Å²) in [7, 11) is 0. The summed E-state index contributed by atoms with van der Waals surface area (Å²) in [6.07, 6.45) is 0.126. The number of amides is 2. The fraction of sp³-hybridized carbons (Fsp3) is 0.158. The zero-order chi connectivity index (χ0) is 19.9. The SMILES string of the molecule is O=C(Cc1ccc(F)cc1)NCCNC(=O)c1nc(-c2cccc(Cl)c2)no1. The highest BCUT2D eigenvalue weighted by atomic mass is 35.5. The highest BCUT2D eigenvalue weighted by Gasteiger charge is 2.16. The molecular weight excluding hydrogens is 387 g/mol. The predicted molar refractivity (Wildman–Crippen MR) is 100 cm³/mol.